The average molecular weight is 467 g/mol. The van der Waals surface area contributed by atoms with Crippen LogP contribution >= 0.6 is 12.2 Å². The maximum absolute atomic E-state index is 5.81. The van der Waals surface area contributed by atoms with Crippen LogP contribution in [-0.2, 0) is 6.42 Å². The second kappa shape index (κ2) is 10.0. The molecule has 5 nitrogen and oxygen atoms in total. The third-order valence-corrected chi connectivity index (χ3v) is 6.45. The van der Waals surface area contributed by atoms with Gasteiger partial charge in [-0.25, -0.2) is 0 Å². The summed E-state index contributed by atoms with van der Waals surface area (Å²) in [4.78, 5) is 6.92. The molecule has 1 aliphatic heterocycles. The molecule has 3 aromatic carbocycles. The van der Waals surface area contributed by atoms with E-state index in [0.717, 1.165) is 41.8 Å². The van der Waals surface area contributed by atoms with Crippen LogP contribution < -0.4 is 5.32 Å². The van der Waals surface area contributed by atoms with Crippen molar-refractivity contribution < 1.29 is 4.52 Å². The minimum atomic E-state index is -0.164. The molecule has 1 N–H and O–H groups in total. The standard InChI is InChI=1S/C28H26N4OS/c1-20-24(27-30-26(31-33-27)23-17-9-4-10-18-23)25(22-15-7-3-8-16-22)29-28(34)32(20)19-11-14-21-12-5-2-6-13-21/h2-10,12-13,15-18,25H,11,14,19H2,1H3,(H,29,34). The fourth-order valence-electron chi connectivity index (χ4n) is 4.35. The third-order valence-electron chi connectivity index (χ3n) is 6.11. The Hall–Kier alpha value is -3.77. The minimum absolute atomic E-state index is 0.164. The molecule has 0 fully saturated rings. The molecule has 0 bridgehead atoms. The number of nitrogens with one attached hydrogen (secondary N) is 1. The van der Waals surface area contributed by atoms with Crippen LogP contribution in [0.3, 0.4) is 0 Å². The molecule has 1 unspecified atom stereocenters. The van der Waals surface area contributed by atoms with Gasteiger partial charge in [0.1, 0.15) is 0 Å². The molecule has 1 aliphatic rings. The number of nitrogens with zero attached hydrogens (tertiary/aromatic N) is 3. The zero-order valence-electron chi connectivity index (χ0n) is 19.0. The summed E-state index contributed by atoms with van der Waals surface area (Å²) in [6.07, 6.45) is 1.97. The summed E-state index contributed by atoms with van der Waals surface area (Å²) in [7, 11) is 0. The van der Waals surface area contributed by atoms with Crippen LogP contribution in [0.1, 0.15) is 36.4 Å². The maximum Gasteiger partial charge on any atom is 0.258 e. The van der Waals surface area contributed by atoms with Crippen molar-refractivity contribution in [2.45, 2.75) is 25.8 Å². The number of aromatic nitrogens is 2. The molecule has 6 heteroatoms. The Bertz CT molecular complexity index is 1290. The normalized spacial score (nSPS) is 16.0. The Labute approximate surface area is 205 Å². The molecule has 170 valence electrons. The van der Waals surface area contributed by atoms with E-state index < -0.39 is 0 Å². The monoisotopic (exact) mass is 466 g/mol. The predicted molar refractivity (Wildman–Crippen MR) is 139 cm³/mol. The highest BCUT2D eigenvalue weighted by molar-refractivity contribution is 7.80. The first kappa shape index (κ1) is 22.0. The second-order valence-electron chi connectivity index (χ2n) is 8.32. The smallest absolute Gasteiger partial charge is 0.258 e. The molecule has 34 heavy (non-hydrogen) atoms. The number of rotatable bonds is 7. The summed E-state index contributed by atoms with van der Waals surface area (Å²) in [5.41, 5.74) is 5.34. The predicted octanol–water partition coefficient (Wildman–Crippen LogP) is 6.03. The van der Waals surface area contributed by atoms with E-state index in [2.05, 4.69) is 58.7 Å². The molecule has 0 aliphatic carbocycles. The van der Waals surface area contributed by atoms with Gasteiger partial charge in [-0.05, 0) is 43.1 Å². The van der Waals surface area contributed by atoms with Crippen molar-refractivity contribution in [3.63, 3.8) is 0 Å². The molecule has 0 saturated carbocycles. The Morgan fingerprint density at radius 2 is 1.56 bits per heavy atom. The summed E-state index contributed by atoms with van der Waals surface area (Å²) >= 11 is 5.81. The van der Waals surface area contributed by atoms with Gasteiger partial charge in [-0.2, -0.15) is 4.98 Å². The Balaban J connectivity index is 1.48. The highest BCUT2D eigenvalue weighted by Crippen LogP contribution is 2.37. The molecular weight excluding hydrogens is 440 g/mol. The molecule has 0 amide bonds. The fraction of sp³-hybridized carbons (Fsp3) is 0.179. The highest BCUT2D eigenvalue weighted by atomic mass is 32.1. The summed E-state index contributed by atoms with van der Waals surface area (Å²) in [6.45, 7) is 2.89. The van der Waals surface area contributed by atoms with E-state index in [-0.39, 0.29) is 6.04 Å². The first-order valence-corrected chi connectivity index (χ1v) is 11.9. The first-order chi connectivity index (χ1) is 16.7. The number of allylic oxidation sites excluding steroid dienone is 1. The summed E-state index contributed by atoms with van der Waals surface area (Å²) < 4.78 is 5.81. The minimum Gasteiger partial charge on any atom is -0.351 e. The van der Waals surface area contributed by atoms with Crippen molar-refractivity contribution >= 4 is 22.9 Å². The van der Waals surface area contributed by atoms with Gasteiger partial charge in [-0.3, -0.25) is 0 Å². The lowest BCUT2D eigenvalue weighted by atomic mass is 9.94. The van der Waals surface area contributed by atoms with Gasteiger partial charge in [-0.15, -0.1) is 0 Å². The topological polar surface area (TPSA) is 54.2 Å². The van der Waals surface area contributed by atoms with Crippen LogP contribution in [0.15, 0.2) is 101 Å². The number of hydrogen-bond acceptors (Lipinski definition) is 4. The van der Waals surface area contributed by atoms with Gasteiger partial charge in [0, 0.05) is 17.8 Å². The average Bonchev–Trinajstić information content (AvgIpc) is 3.37. The van der Waals surface area contributed by atoms with Crippen molar-refractivity contribution in [3.8, 4) is 11.4 Å². The first-order valence-electron chi connectivity index (χ1n) is 11.5. The molecule has 0 saturated heterocycles. The summed E-state index contributed by atoms with van der Waals surface area (Å²) in [6, 6.07) is 30.5. The lowest BCUT2D eigenvalue weighted by molar-refractivity contribution is 0.396. The second-order valence-corrected chi connectivity index (χ2v) is 8.71. The van der Waals surface area contributed by atoms with E-state index >= 15 is 0 Å². The lowest BCUT2D eigenvalue weighted by Gasteiger charge is -2.37. The quantitative estimate of drug-likeness (QED) is 0.336. The molecule has 5 rings (SSSR count). The molecule has 0 spiro atoms. The van der Waals surface area contributed by atoms with E-state index in [4.69, 9.17) is 21.7 Å². The van der Waals surface area contributed by atoms with Crippen LogP contribution in [-0.4, -0.2) is 26.7 Å². The van der Waals surface area contributed by atoms with Crippen molar-refractivity contribution in [1.29, 1.82) is 0 Å². The van der Waals surface area contributed by atoms with E-state index in [1.54, 1.807) is 0 Å². The molecule has 1 aromatic heterocycles. The van der Waals surface area contributed by atoms with Crippen molar-refractivity contribution in [2.24, 2.45) is 0 Å². The molecule has 2 heterocycles. The van der Waals surface area contributed by atoms with Gasteiger partial charge in [-0.1, -0.05) is 96.2 Å². The Morgan fingerprint density at radius 3 is 2.26 bits per heavy atom. The van der Waals surface area contributed by atoms with Crippen molar-refractivity contribution in [1.82, 2.24) is 20.4 Å². The number of hydrogen-bond donors (Lipinski definition) is 1. The largest absolute Gasteiger partial charge is 0.351 e. The van der Waals surface area contributed by atoms with Gasteiger partial charge >= 0.3 is 0 Å². The fourth-order valence-corrected chi connectivity index (χ4v) is 4.69. The lowest BCUT2D eigenvalue weighted by Crippen LogP contribution is -2.46. The van der Waals surface area contributed by atoms with Crippen molar-refractivity contribution in [3.05, 3.63) is 114 Å². The number of thiocarbonyl (C=S) groups is 1. The maximum atomic E-state index is 5.81. The zero-order chi connectivity index (χ0) is 23.3. The number of benzene rings is 3. The van der Waals surface area contributed by atoms with Gasteiger partial charge in [0.2, 0.25) is 5.82 Å². The van der Waals surface area contributed by atoms with Gasteiger partial charge in [0.05, 0.1) is 11.6 Å². The molecular formula is C28H26N4OS. The Kier molecular flexibility index (Phi) is 6.49. The molecule has 0 radical (unpaired) electrons. The Morgan fingerprint density at radius 1 is 0.912 bits per heavy atom. The van der Waals surface area contributed by atoms with Crippen LogP contribution in [0.25, 0.3) is 17.0 Å². The van der Waals surface area contributed by atoms with Crippen LogP contribution in [0.5, 0.6) is 0 Å². The van der Waals surface area contributed by atoms with Gasteiger partial charge in [0.15, 0.2) is 5.11 Å². The van der Waals surface area contributed by atoms with E-state index in [1.165, 1.54) is 5.56 Å². The zero-order valence-corrected chi connectivity index (χ0v) is 19.8. The van der Waals surface area contributed by atoms with Crippen LogP contribution in [0, 0.1) is 0 Å². The van der Waals surface area contributed by atoms with Crippen molar-refractivity contribution in [2.75, 3.05) is 6.54 Å². The van der Waals surface area contributed by atoms with Gasteiger partial charge in [0.25, 0.3) is 5.89 Å². The summed E-state index contributed by atoms with van der Waals surface area (Å²) in [5, 5.41) is 8.52. The van der Waals surface area contributed by atoms with Gasteiger partial charge < -0.3 is 14.7 Å². The van der Waals surface area contributed by atoms with E-state index in [0.29, 0.717) is 16.8 Å². The summed E-state index contributed by atoms with van der Waals surface area (Å²) in [5.74, 6) is 1.08. The SMILES string of the molecule is CC1=C(c2nc(-c3ccccc3)no2)C(c2ccccc2)NC(=S)N1CCCc1ccccc1. The molecule has 1 atom stereocenters. The number of aryl methyl sites for hydroxylation is 1. The third kappa shape index (κ3) is 4.63. The van der Waals surface area contributed by atoms with Crippen LogP contribution in [0.4, 0.5) is 0 Å². The van der Waals surface area contributed by atoms with E-state index in [1.807, 2.05) is 54.6 Å². The van der Waals surface area contributed by atoms with Crippen LogP contribution in [0.2, 0.25) is 0 Å². The highest BCUT2D eigenvalue weighted by Gasteiger charge is 2.33. The molecule has 4 aromatic rings. The van der Waals surface area contributed by atoms with E-state index in [9.17, 15) is 0 Å².